The average molecular weight is 1070 g/mol. The molecule has 8 N–H and O–H groups in total. The molecule has 6 aliphatic rings. The van der Waals surface area contributed by atoms with Gasteiger partial charge >= 0.3 is 12.2 Å². The van der Waals surface area contributed by atoms with Gasteiger partial charge in [-0.25, -0.2) is 27.2 Å². The van der Waals surface area contributed by atoms with Gasteiger partial charge in [0.25, 0.3) is 0 Å². The molecule has 10 rings (SSSR count). The van der Waals surface area contributed by atoms with Gasteiger partial charge in [-0.15, -0.1) is 12.4 Å². The quantitative estimate of drug-likeness (QED) is 0.0590. The van der Waals surface area contributed by atoms with Crippen LogP contribution in [0, 0.1) is 58.8 Å². The number of nitrogens with one attached hydrogen (secondary N) is 2. The Kier molecular flexibility index (Phi) is 20.1. The minimum Gasteiger partial charge on any atom is -0.508 e. The first-order valence-corrected chi connectivity index (χ1v) is 26.2. The van der Waals surface area contributed by atoms with E-state index in [0.29, 0.717) is 73.5 Å². The van der Waals surface area contributed by atoms with Crippen LogP contribution in [0.1, 0.15) is 139 Å². The van der Waals surface area contributed by atoms with Gasteiger partial charge in [-0.2, -0.15) is 0 Å². The Morgan fingerprint density at radius 3 is 1.16 bits per heavy atom. The van der Waals surface area contributed by atoms with Gasteiger partial charge in [0.2, 0.25) is 0 Å². The minimum absolute atomic E-state index is 0. The lowest BCUT2D eigenvalue weighted by Gasteiger charge is -2.19. The second-order valence-electron chi connectivity index (χ2n) is 22.9. The van der Waals surface area contributed by atoms with Crippen LogP contribution in [0.4, 0.5) is 27.2 Å². The highest BCUT2D eigenvalue weighted by molar-refractivity contribution is 5.85. The first kappa shape index (κ1) is 58.8. The smallest absolute Gasteiger partial charge is 0.407 e. The van der Waals surface area contributed by atoms with Crippen molar-refractivity contribution in [3.05, 3.63) is 118 Å². The van der Waals surface area contributed by atoms with Gasteiger partial charge in [0.1, 0.15) is 57.5 Å². The Morgan fingerprint density at radius 1 is 0.520 bits per heavy atom. The summed E-state index contributed by atoms with van der Waals surface area (Å²) in [7, 11) is 0. The van der Waals surface area contributed by atoms with Gasteiger partial charge in [0.15, 0.2) is 0 Å². The van der Waals surface area contributed by atoms with E-state index in [9.17, 15) is 37.4 Å². The lowest BCUT2D eigenvalue weighted by molar-refractivity contribution is 0.0513. The molecule has 0 saturated heterocycles. The van der Waals surface area contributed by atoms with Gasteiger partial charge in [-0.05, 0) is 238 Å². The number of phenols is 2. The number of halogens is 5. The van der Waals surface area contributed by atoms with Crippen LogP contribution in [0.3, 0.4) is 0 Å². The summed E-state index contributed by atoms with van der Waals surface area (Å²) in [5.74, 6) is 4.71. The van der Waals surface area contributed by atoms with E-state index in [1.807, 2.05) is 20.8 Å². The molecular weight excluding hydrogens is 992 g/mol. The molecule has 412 valence electrons. The molecule has 8 atom stereocenters. The van der Waals surface area contributed by atoms with Crippen molar-refractivity contribution in [2.24, 2.45) is 47.0 Å². The number of hydrogen-bond acceptors (Lipinski definition) is 10. The number of carbonyl (C=O) groups excluding carboxylic acids is 2. The van der Waals surface area contributed by atoms with E-state index in [1.54, 1.807) is 45.0 Å². The number of benzene rings is 4. The zero-order valence-corrected chi connectivity index (χ0v) is 44.8. The molecule has 0 aromatic heterocycles. The fraction of sp³-hybridized carbons (Fsp3) is 0.552. The van der Waals surface area contributed by atoms with Gasteiger partial charge in [-0.3, -0.25) is 0 Å². The predicted molar refractivity (Wildman–Crippen MR) is 283 cm³/mol. The summed E-state index contributed by atoms with van der Waals surface area (Å²) in [6, 6.07) is 17.6. The third-order valence-electron chi connectivity index (χ3n) is 14.0. The maximum absolute atomic E-state index is 13.6. The highest BCUT2D eigenvalue weighted by Crippen LogP contribution is 2.53. The van der Waals surface area contributed by atoms with E-state index in [1.165, 1.54) is 74.2 Å². The zero-order chi connectivity index (χ0) is 53.5. The molecule has 6 saturated carbocycles. The summed E-state index contributed by atoms with van der Waals surface area (Å²) in [5.41, 5.74) is 13.4. The van der Waals surface area contributed by atoms with E-state index in [-0.39, 0.29) is 70.8 Å². The lowest BCUT2D eigenvalue weighted by atomic mass is 10.1. The van der Waals surface area contributed by atoms with Crippen molar-refractivity contribution in [2.75, 3.05) is 39.4 Å². The number of ether oxygens (including phenoxy) is 4. The average Bonchev–Trinajstić information content (AvgIpc) is 4.11. The van der Waals surface area contributed by atoms with Crippen molar-refractivity contribution in [3.63, 3.8) is 0 Å². The van der Waals surface area contributed by atoms with E-state index < -0.39 is 23.4 Å². The van der Waals surface area contributed by atoms with Gasteiger partial charge in [0.05, 0.1) is 13.2 Å². The summed E-state index contributed by atoms with van der Waals surface area (Å²) in [4.78, 5) is 23.2. The van der Waals surface area contributed by atoms with Crippen molar-refractivity contribution in [2.45, 2.75) is 128 Å². The first-order valence-electron chi connectivity index (χ1n) is 26.2. The Hall–Kier alpha value is -5.45. The Morgan fingerprint density at radius 2 is 0.827 bits per heavy atom. The summed E-state index contributed by atoms with van der Waals surface area (Å²) in [6.07, 6.45) is 7.92. The van der Waals surface area contributed by atoms with Gasteiger partial charge < -0.3 is 51.3 Å². The number of amides is 2. The molecule has 8 unspecified atom stereocenters. The normalized spacial score (nSPS) is 23.6. The van der Waals surface area contributed by atoms with E-state index in [0.717, 1.165) is 60.8 Å². The number of phenolic OH excluding ortho intramolecular Hbond substituents is 2. The molecule has 0 radical (unpaired) electrons. The predicted octanol–water partition coefficient (Wildman–Crippen LogP) is 12.1. The second-order valence-corrected chi connectivity index (χ2v) is 22.9. The fourth-order valence-corrected chi connectivity index (χ4v) is 9.05. The van der Waals surface area contributed by atoms with E-state index in [4.69, 9.17) is 30.4 Å². The van der Waals surface area contributed by atoms with Crippen molar-refractivity contribution in [3.8, 4) is 23.0 Å². The number of nitrogens with two attached hydrogens (primary N) is 2. The molecule has 4 aromatic rings. The molecule has 75 heavy (non-hydrogen) atoms. The molecule has 0 spiro atoms. The van der Waals surface area contributed by atoms with E-state index >= 15 is 0 Å². The van der Waals surface area contributed by atoms with Crippen LogP contribution in [-0.2, 0) is 9.47 Å². The summed E-state index contributed by atoms with van der Waals surface area (Å²) in [5, 5.41) is 24.7. The largest absolute Gasteiger partial charge is 0.508 e. The number of aromatic hydroxyl groups is 2. The number of alkyl carbamates (subject to hydrolysis) is 2. The molecule has 0 bridgehead atoms. The monoisotopic (exact) mass is 1070 g/mol. The summed E-state index contributed by atoms with van der Waals surface area (Å²) in [6.45, 7) is 14.7. The lowest BCUT2D eigenvalue weighted by Crippen LogP contribution is -2.33. The maximum Gasteiger partial charge on any atom is 0.407 e. The summed E-state index contributed by atoms with van der Waals surface area (Å²) < 4.78 is 75.0. The molecule has 6 fully saturated rings. The van der Waals surface area contributed by atoms with Crippen molar-refractivity contribution >= 4 is 24.6 Å². The highest BCUT2D eigenvalue weighted by Gasteiger charge is 2.43. The Bertz CT molecular complexity index is 2550. The summed E-state index contributed by atoms with van der Waals surface area (Å²) >= 11 is 0. The zero-order valence-electron chi connectivity index (χ0n) is 44.0. The molecular formula is C58H77ClF4N4O8. The Labute approximate surface area is 445 Å². The van der Waals surface area contributed by atoms with E-state index in [2.05, 4.69) is 10.6 Å². The SMILES string of the molecule is CC(C)(C)OC(=O)NCC1CC1c1cc(F)ccc1O.CC(C)(C)OC(=O)NCC1CC1c1cc(F)ccc1OCC1CC1.Cl.NCC1CC1c1cc(F)ccc1O.NCC1CC1c1cc(F)ccc1OCC1CC1. The molecule has 0 aliphatic heterocycles. The molecule has 12 nitrogen and oxygen atoms in total. The van der Waals surface area contributed by atoms with Crippen LogP contribution in [-0.4, -0.2) is 73.0 Å². The van der Waals surface area contributed by atoms with Crippen molar-refractivity contribution in [1.29, 1.82) is 0 Å². The number of hydrogen-bond donors (Lipinski definition) is 6. The maximum atomic E-state index is 13.6. The van der Waals surface area contributed by atoms with Gasteiger partial charge in [0, 0.05) is 35.3 Å². The first-order chi connectivity index (χ1) is 35.1. The molecule has 6 aliphatic carbocycles. The third kappa shape index (κ3) is 19.0. The molecule has 2 amide bonds. The van der Waals surface area contributed by atoms with Crippen LogP contribution in [0.15, 0.2) is 72.8 Å². The van der Waals surface area contributed by atoms with Crippen LogP contribution in [0.25, 0.3) is 0 Å². The highest BCUT2D eigenvalue weighted by atomic mass is 35.5. The van der Waals surface area contributed by atoms with Crippen molar-refractivity contribution < 1.29 is 56.3 Å². The second kappa shape index (κ2) is 25.6. The Balaban J connectivity index is 0.000000165. The van der Waals surface area contributed by atoms with Crippen LogP contribution >= 0.6 is 12.4 Å². The van der Waals surface area contributed by atoms with Crippen LogP contribution in [0.5, 0.6) is 23.0 Å². The number of rotatable bonds is 16. The van der Waals surface area contributed by atoms with Crippen molar-refractivity contribution in [1.82, 2.24) is 10.6 Å². The molecule has 4 aromatic carbocycles. The fourth-order valence-electron chi connectivity index (χ4n) is 9.05. The van der Waals surface area contributed by atoms with Crippen LogP contribution < -0.4 is 31.6 Å². The number of carbonyl (C=O) groups is 2. The minimum atomic E-state index is -0.520. The topological polar surface area (TPSA) is 188 Å². The van der Waals surface area contributed by atoms with Gasteiger partial charge in [-0.1, -0.05) is 0 Å². The molecule has 17 heteroatoms. The van der Waals surface area contributed by atoms with Crippen LogP contribution in [0.2, 0.25) is 0 Å². The molecule has 0 heterocycles. The third-order valence-corrected chi connectivity index (χ3v) is 14.0. The standard InChI is InChI=1S/C19H26FNO3.C15H20FNO3.C14H18FNO.C10H12FNO.ClH/c1-19(2,3)24-18(22)21-10-13-8-15(13)16-9-14(20)6-7-17(16)23-11-12-4-5-12;1-15(2,3)20-14(19)17-8-9-6-11(9)12-7-10(16)4-5-13(12)18;15-11-3-4-14(17-8-9-1-2-9)13(6-11)12-5-10(12)7-16;11-7-1-2-10(13)9(4-7)8-3-6(8)5-12;/h6-7,9,12-13,15H,4-5,8,10-11H2,1-3H3,(H,21,22);4-5,7,9,11,18H,6,8H2,1-3H3,(H,17,19);3-4,6,9-10,12H,1-2,5,7-8,16H2;1-2,4,6,8,13H,3,5,12H2;1H.